The van der Waals surface area contributed by atoms with Gasteiger partial charge < -0.3 is 4.79 Å². The first-order valence-corrected chi connectivity index (χ1v) is 3.61. The van der Waals surface area contributed by atoms with Gasteiger partial charge in [-0.25, -0.2) is 0 Å². The lowest BCUT2D eigenvalue weighted by molar-refractivity contribution is -0.112. The van der Waals surface area contributed by atoms with Crippen LogP contribution in [0.25, 0.3) is 0 Å². The van der Waals surface area contributed by atoms with Crippen LogP contribution in [0, 0.1) is 0 Å². The van der Waals surface area contributed by atoms with Crippen molar-refractivity contribution in [3.63, 3.8) is 0 Å². The summed E-state index contributed by atoms with van der Waals surface area (Å²) in [4.78, 5) is 10.3. The zero-order valence-corrected chi connectivity index (χ0v) is 5.62. The first-order valence-electron chi connectivity index (χ1n) is 2.62. The number of rotatable bonds is 1. The van der Waals surface area contributed by atoms with Gasteiger partial charge in [0.25, 0.3) is 0 Å². The molecule has 1 saturated heterocycles. The summed E-state index contributed by atoms with van der Waals surface area (Å²) in [7, 11) is 0. The van der Waals surface area contributed by atoms with E-state index in [-0.39, 0.29) is 5.54 Å². The van der Waals surface area contributed by atoms with Crippen LogP contribution in [-0.2, 0) is 4.79 Å². The van der Waals surface area contributed by atoms with Crippen molar-refractivity contribution in [1.29, 1.82) is 0 Å². The highest BCUT2D eigenvalue weighted by Gasteiger charge is 2.27. The second-order valence-corrected chi connectivity index (χ2v) is 3.14. The van der Waals surface area contributed by atoms with E-state index < -0.39 is 0 Å². The van der Waals surface area contributed by atoms with Gasteiger partial charge in [-0.3, -0.25) is 4.72 Å². The molecule has 8 heavy (non-hydrogen) atoms. The highest BCUT2D eigenvalue weighted by molar-refractivity contribution is 7.97. The van der Waals surface area contributed by atoms with E-state index in [0.717, 1.165) is 18.5 Å². The standard InChI is InChI=1S/C5H9NOS/c1-5(4-7)2-3-8-6-5/h4,6H,2-3H2,1H3. The molecule has 1 aliphatic rings. The molecule has 2 nitrogen and oxygen atoms in total. The molecule has 1 aliphatic heterocycles. The van der Waals surface area contributed by atoms with Crippen LogP contribution in [0.15, 0.2) is 0 Å². The van der Waals surface area contributed by atoms with Crippen molar-refractivity contribution in [1.82, 2.24) is 4.72 Å². The molecule has 0 aromatic heterocycles. The van der Waals surface area contributed by atoms with Gasteiger partial charge in [0.2, 0.25) is 0 Å². The summed E-state index contributed by atoms with van der Waals surface area (Å²) in [5, 5.41) is 0. The molecule has 0 bridgehead atoms. The number of carbonyl (C=O) groups excluding carboxylic acids is 1. The fourth-order valence-electron chi connectivity index (χ4n) is 0.613. The first kappa shape index (κ1) is 6.11. The summed E-state index contributed by atoms with van der Waals surface area (Å²) >= 11 is 1.62. The Morgan fingerprint density at radius 2 is 2.62 bits per heavy atom. The molecule has 0 spiro atoms. The molecule has 1 fully saturated rings. The second-order valence-electron chi connectivity index (χ2n) is 2.24. The third-order valence-corrected chi connectivity index (χ3v) is 2.31. The van der Waals surface area contributed by atoms with E-state index >= 15 is 0 Å². The number of hydrogen-bond donors (Lipinski definition) is 1. The normalized spacial score (nSPS) is 37.6. The fraction of sp³-hybridized carbons (Fsp3) is 0.800. The van der Waals surface area contributed by atoms with E-state index in [4.69, 9.17) is 0 Å². The molecule has 1 unspecified atom stereocenters. The molecule has 0 aliphatic carbocycles. The van der Waals surface area contributed by atoms with E-state index in [9.17, 15) is 4.79 Å². The molecular formula is C5H9NOS. The van der Waals surface area contributed by atoms with E-state index in [0.29, 0.717) is 0 Å². The fourth-order valence-corrected chi connectivity index (χ4v) is 1.72. The summed E-state index contributed by atoms with van der Waals surface area (Å²) in [5.41, 5.74) is -0.231. The zero-order chi connectivity index (χ0) is 6.04. The Bertz CT molecular complexity index is 98.6. The summed E-state index contributed by atoms with van der Waals surface area (Å²) in [6.45, 7) is 1.92. The maximum atomic E-state index is 10.3. The highest BCUT2D eigenvalue weighted by atomic mass is 32.2. The first-order chi connectivity index (χ1) is 3.77. The molecule has 0 amide bonds. The number of hydrogen-bond acceptors (Lipinski definition) is 3. The summed E-state index contributed by atoms with van der Waals surface area (Å²) in [6.07, 6.45) is 1.94. The smallest absolute Gasteiger partial charge is 0.140 e. The summed E-state index contributed by atoms with van der Waals surface area (Å²) < 4.78 is 3.03. The lowest BCUT2D eigenvalue weighted by atomic mass is 10.0. The lowest BCUT2D eigenvalue weighted by Crippen LogP contribution is -2.34. The third kappa shape index (κ3) is 1.03. The highest BCUT2D eigenvalue weighted by Crippen LogP contribution is 2.20. The topological polar surface area (TPSA) is 29.1 Å². The van der Waals surface area contributed by atoms with Crippen molar-refractivity contribution < 1.29 is 4.79 Å². The van der Waals surface area contributed by atoms with Gasteiger partial charge >= 0.3 is 0 Å². The Morgan fingerprint density at radius 3 is 2.88 bits per heavy atom. The van der Waals surface area contributed by atoms with Crippen LogP contribution >= 0.6 is 11.9 Å². The summed E-state index contributed by atoms with van der Waals surface area (Å²) in [5.74, 6) is 1.05. The van der Waals surface area contributed by atoms with Crippen molar-refractivity contribution in [3.05, 3.63) is 0 Å². The molecule has 1 heterocycles. The van der Waals surface area contributed by atoms with Gasteiger partial charge in [-0.05, 0) is 13.3 Å². The Morgan fingerprint density at radius 1 is 1.88 bits per heavy atom. The van der Waals surface area contributed by atoms with Crippen molar-refractivity contribution in [3.8, 4) is 0 Å². The van der Waals surface area contributed by atoms with Gasteiger partial charge in [0, 0.05) is 5.75 Å². The minimum atomic E-state index is -0.231. The van der Waals surface area contributed by atoms with Crippen LogP contribution < -0.4 is 4.72 Å². The molecule has 3 heteroatoms. The molecule has 0 aromatic rings. The van der Waals surface area contributed by atoms with Gasteiger partial charge in [0.15, 0.2) is 0 Å². The molecule has 0 aromatic carbocycles. The number of carbonyl (C=O) groups is 1. The lowest BCUT2D eigenvalue weighted by Gasteiger charge is -2.12. The predicted molar refractivity (Wildman–Crippen MR) is 34.7 cm³/mol. The largest absolute Gasteiger partial charge is 0.301 e. The number of aldehydes is 1. The Kier molecular flexibility index (Phi) is 1.58. The molecular weight excluding hydrogens is 122 g/mol. The Labute approximate surface area is 53.2 Å². The monoisotopic (exact) mass is 131 g/mol. The van der Waals surface area contributed by atoms with Crippen LogP contribution in [-0.4, -0.2) is 17.6 Å². The molecule has 1 N–H and O–H groups in total. The minimum Gasteiger partial charge on any atom is -0.301 e. The molecule has 1 rings (SSSR count). The van der Waals surface area contributed by atoms with Crippen LogP contribution in [0.4, 0.5) is 0 Å². The van der Waals surface area contributed by atoms with E-state index in [1.807, 2.05) is 6.92 Å². The van der Waals surface area contributed by atoms with Crippen molar-refractivity contribution in [2.24, 2.45) is 0 Å². The van der Waals surface area contributed by atoms with E-state index in [2.05, 4.69) is 4.72 Å². The molecule has 1 atom stereocenters. The van der Waals surface area contributed by atoms with Gasteiger partial charge in [0.05, 0.1) is 5.54 Å². The molecule has 0 radical (unpaired) electrons. The zero-order valence-electron chi connectivity index (χ0n) is 4.81. The van der Waals surface area contributed by atoms with E-state index in [1.54, 1.807) is 11.9 Å². The van der Waals surface area contributed by atoms with Crippen molar-refractivity contribution in [2.75, 3.05) is 5.75 Å². The summed E-state index contributed by atoms with van der Waals surface area (Å²) in [6, 6.07) is 0. The van der Waals surface area contributed by atoms with Crippen LogP contribution in [0.5, 0.6) is 0 Å². The second kappa shape index (κ2) is 2.07. The van der Waals surface area contributed by atoms with Crippen molar-refractivity contribution in [2.45, 2.75) is 18.9 Å². The van der Waals surface area contributed by atoms with Gasteiger partial charge in [-0.2, -0.15) is 0 Å². The average Bonchev–Trinajstić information content (AvgIpc) is 2.17. The maximum Gasteiger partial charge on any atom is 0.140 e. The SMILES string of the molecule is CC1(C=O)CCSN1. The maximum absolute atomic E-state index is 10.3. The minimum absolute atomic E-state index is 0.231. The quantitative estimate of drug-likeness (QED) is 0.417. The van der Waals surface area contributed by atoms with Gasteiger partial charge in [-0.15, -0.1) is 0 Å². The van der Waals surface area contributed by atoms with Crippen LogP contribution in [0.2, 0.25) is 0 Å². The van der Waals surface area contributed by atoms with Gasteiger partial charge in [0.1, 0.15) is 6.29 Å². The Hall–Kier alpha value is -0.0200. The van der Waals surface area contributed by atoms with E-state index in [1.165, 1.54) is 0 Å². The van der Waals surface area contributed by atoms with Crippen LogP contribution in [0.1, 0.15) is 13.3 Å². The molecule has 0 saturated carbocycles. The third-order valence-electron chi connectivity index (χ3n) is 1.29. The van der Waals surface area contributed by atoms with Crippen LogP contribution in [0.3, 0.4) is 0 Å². The van der Waals surface area contributed by atoms with Crippen molar-refractivity contribution >= 4 is 18.2 Å². The molecule has 46 valence electrons. The Balaban J connectivity index is 2.52. The van der Waals surface area contributed by atoms with Gasteiger partial charge in [-0.1, -0.05) is 11.9 Å². The number of nitrogens with one attached hydrogen (secondary N) is 1. The average molecular weight is 131 g/mol. The predicted octanol–water partition coefficient (Wildman–Crippen LogP) is 0.585.